The van der Waals surface area contributed by atoms with Crippen LogP contribution < -0.4 is 20.3 Å². The van der Waals surface area contributed by atoms with Crippen LogP contribution in [0.3, 0.4) is 0 Å². The van der Waals surface area contributed by atoms with Gasteiger partial charge in [0.15, 0.2) is 5.13 Å². The van der Waals surface area contributed by atoms with Crippen LogP contribution >= 0.6 is 11.3 Å². The number of nitrogens with one attached hydrogen (secondary N) is 3. The highest BCUT2D eigenvalue weighted by molar-refractivity contribution is 7.93. The van der Waals surface area contributed by atoms with Crippen molar-refractivity contribution in [1.29, 1.82) is 0 Å². The number of benzodiazepines with no additional fused rings is 1. The molecule has 0 bridgehead atoms. The number of hydrogen-bond donors (Lipinski definition) is 3. The highest BCUT2D eigenvalue weighted by Gasteiger charge is 2.33. The monoisotopic (exact) mass is 552 g/mol. The maximum atomic E-state index is 13.3. The molecule has 10 nitrogen and oxygen atoms in total. The van der Waals surface area contributed by atoms with Crippen molar-refractivity contribution in [2.24, 2.45) is 10.9 Å². The number of likely N-dealkylation sites (N-methyl/N-ethyl adjacent to an activating group) is 1. The van der Waals surface area contributed by atoms with Crippen molar-refractivity contribution in [1.82, 2.24) is 10.3 Å². The molecule has 198 valence electrons. The highest BCUT2D eigenvalue weighted by atomic mass is 32.2. The molecule has 2 aliphatic rings. The van der Waals surface area contributed by atoms with Crippen LogP contribution in [0.4, 0.5) is 21.3 Å². The van der Waals surface area contributed by atoms with Crippen LogP contribution in [0.5, 0.6) is 0 Å². The van der Waals surface area contributed by atoms with Crippen LogP contribution in [0, 0.1) is 5.92 Å². The first-order valence-electron chi connectivity index (χ1n) is 12.4. The van der Waals surface area contributed by atoms with Gasteiger partial charge in [-0.1, -0.05) is 43.5 Å². The summed E-state index contributed by atoms with van der Waals surface area (Å²) < 4.78 is 27.9. The number of carbonyl (C=O) groups is 2. The van der Waals surface area contributed by atoms with Gasteiger partial charge in [0.05, 0.1) is 16.3 Å². The zero-order chi connectivity index (χ0) is 26.7. The smallest absolute Gasteiger partial charge is 0.311 e. The molecule has 1 aliphatic heterocycles. The average molecular weight is 553 g/mol. The number of carbonyl (C=O) groups excluding carboxylic acids is 2. The molecule has 1 aromatic heterocycles. The molecule has 0 saturated heterocycles. The number of aliphatic imine (C=N–C) groups is 1. The van der Waals surface area contributed by atoms with Gasteiger partial charge >= 0.3 is 6.03 Å². The molecule has 1 fully saturated rings. The number of rotatable bonds is 6. The van der Waals surface area contributed by atoms with Crippen LogP contribution in [0.2, 0.25) is 0 Å². The molecule has 3 N–H and O–H groups in total. The largest absolute Gasteiger partial charge is 0.321 e. The Morgan fingerprint density at radius 1 is 1.08 bits per heavy atom. The molecule has 12 heteroatoms. The molecule has 1 aliphatic carbocycles. The van der Waals surface area contributed by atoms with E-state index in [0.717, 1.165) is 54.0 Å². The van der Waals surface area contributed by atoms with Gasteiger partial charge in [-0.2, -0.15) is 0 Å². The first kappa shape index (κ1) is 25.9. The molecular weight excluding hydrogens is 524 g/mol. The van der Waals surface area contributed by atoms with Crippen LogP contribution in [0.25, 0.3) is 0 Å². The van der Waals surface area contributed by atoms with E-state index in [1.807, 2.05) is 24.3 Å². The minimum absolute atomic E-state index is 0.0381. The van der Waals surface area contributed by atoms with E-state index < -0.39 is 22.2 Å². The molecule has 0 spiro atoms. The van der Waals surface area contributed by atoms with E-state index in [1.165, 1.54) is 35.7 Å². The quantitative estimate of drug-likeness (QED) is 0.416. The number of hydrogen-bond acceptors (Lipinski definition) is 7. The number of fused-ring (bicyclic) bond motifs is 1. The molecule has 1 atom stereocenters. The van der Waals surface area contributed by atoms with Crippen molar-refractivity contribution in [3.63, 3.8) is 0 Å². The number of aromatic nitrogens is 1. The molecule has 0 radical (unpaired) electrons. The SMILES string of the molecule is CN1C(=O)[C@H](NC(=O)Nc2cccc(S(=O)(=O)Nc3nccs3)c2)N=C(C2CCCCC2)c2ccccc21. The van der Waals surface area contributed by atoms with Crippen LogP contribution in [-0.2, 0) is 14.8 Å². The number of anilines is 3. The standard InChI is InChI=1S/C26H28N6O4S2/c1-32-21-13-6-5-12-20(21)22(17-8-3-2-4-9-17)29-23(24(32)33)30-25(34)28-18-10-7-11-19(16-18)38(35,36)31-26-27-14-15-37-26/h5-7,10-17,23H,2-4,8-9H2,1H3,(H,27,31)(H2,28,30,34)/t23-/m0/s1. The van der Waals surface area contributed by atoms with Gasteiger partial charge in [-0.15, -0.1) is 11.3 Å². The Kier molecular flexibility index (Phi) is 7.43. The summed E-state index contributed by atoms with van der Waals surface area (Å²) in [4.78, 5) is 36.5. The second-order valence-electron chi connectivity index (χ2n) is 9.24. The number of para-hydroxylation sites is 1. The molecule has 2 aromatic carbocycles. The van der Waals surface area contributed by atoms with E-state index in [9.17, 15) is 18.0 Å². The Bertz CT molecular complexity index is 1470. The Morgan fingerprint density at radius 3 is 2.63 bits per heavy atom. The topological polar surface area (TPSA) is 133 Å². The summed E-state index contributed by atoms with van der Waals surface area (Å²) in [5.41, 5.74) is 2.76. The summed E-state index contributed by atoms with van der Waals surface area (Å²) in [7, 11) is -2.22. The van der Waals surface area contributed by atoms with Gasteiger partial charge in [0, 0.05) is 35.8 Å². The number of benzene rings is 2. The fraction of sp³-hybridized carbons (Fsp3) is 0.308. The van der Waals surface area contributed by atoms with E-state index in [4.69, 9.17) is 4.99 Å². The molecule has 5 rings (SSSR count). The summed E-state index contributed by atoms with van der Waals surface area (Å²) >= 11 is 1.16. The Morgan fingerprint density at radius 2 is 1.87 bits per heavy atom. The second-order valence-corrected chi connectivity index (χ2v) is 11.8. The second kappa shape index (κ2) is 10.9. The minimum Gasteiger partial charge on any atom is -0.311 e. The normalized spacial score (nSPS) is 18.2. The van der Waals surface area contributed by atoms with Gasteiger partial charge in [-0.3, -0.25) is 14.5 Å². The lowest BCUT2D eigenvalue weighted by molar-refractivity contribution is -0.119. The summed E-state index contributed by atoms with van der Waals surface area (Å²) in [5, 5.41) is 7.22. The minimum atomic E-state index is -3.90. The van der Waals surface area contributed by atoms with Crippen molar-refractivity contribution in [2.45, 2.75) is 43.2 Å². The Labute approximate surface area is 225 Å². The molecule has 3 aromatic rings. The fourth-order valence-corrected chi connectivity index (χ4v) is 6.66. The van der Waals surface area contributed by atoms with E-state index in [1.54, 1.807) is 18.5 Å². The third kappa shape index (κ3) is 5.55. The molecular formula is C26H28N6O4S2. The number of sulfonamides is 1. The molecule has 1 saturated carbocycles. The van der Waals surface area contributed by atoms with Crippen molar-refractivity contribution in [3.8, 4) is 0 Å². The predicted octanol–water partition coefficient (Wildman–Crippen LogP) is 4.44. The van der Waals surface area contributed by atoms with E-state index in [-0.39, 0.29) is 27.5 Å². The number of thiazole rings is 1. The zero-order valence-corrected chi connectivity index (χ0v) is 22.4. The Balaban J connectivity index is 1.36. The van der Waals surface area contributed by atoms with Gasteiger partial charge in [-0.25, -0.2) is 18.2 Å². The predicted molar refractivity (Wildman–Crippen MR) is 148 cm³/mol. The first-order valence-corrected chi connectivity index (χ1v) is 14.7. The van der Waals surface area contributed by atoms with Gasteiger partial charge in [-0.05, 0) is 37.1 Å². The van der Waals surface area contributed by atoms with Gasteiger partial charge in [0.1, 0.15) is 0 Å². The third-order valence-electron chi connectivity index (χ3n) is 6.69. The van der Waals surface area contributed by atoms with Crippen molar-refractivity contribution in [2.75, 3.05) is 22.0 Å². The molecule has 0 unspecified atom stereocenters. The maximum Gasteiger partial charge on any atom is 0.321 e. The summed E-state index contributed by atoms with van der Waals surface area (Å²) in [6.07, 6.45) is 5.74. The third-order valence-corrected chi connectivity index (χ3v) is 8.84. The number of urea groups is 1. The summed E-state index contributed by atoms with van der Waals surface area (Å²) in [6, 6.07) is 12.8. The fourth-order valence-electron chi connectivity index (χ4n) is 4.82. The van der Waals surface area contributed by atoms with Crippen LogP contribution in [0.1, 0.15) is 37.7 Å². The van der Waals surface area contributed by atoms with Crippen molar-refractivity contribution < 1.29 is 18.0 Å². The molecule has 38 heavy (non-hydrogen) atoms. The van der Waals surface area contributed by atoms with E-state index in [2.05, 4.69) is 20.3 Å². The van der Waals surface area contributed by atoms with E-state index >= 15 is 0 Å². The van der Waals surface area contributed by atoms with Crippen molar-refractivity contribution >= 4 is 55.5 Å². The molecule has 2 heterocycles. The van der Waals surface area contributed by atoms with Gasteiger partial charge in [0.2, 0.25) is 6.17 Å². The van der Waals surface area contributed by atoms with Crippen LogP contribution in [0.15, 0.2) is 70.0 Å². The van der Waals surface area contributed by atoms with Crippen LogP contribution in [-0.4, -0.2) is 44.3 Å². The van der Waals surface area contributed by atoms with Gasteiger partial charge < -0.3 is 15.5 Å². The maximum absolute atomic E-state index is 13.3. The zero-order valence-electron chi connectivity index (χ0n) is 20.8. The first-order chi connectivity index (χ1) is 18.3. The lowest BCUT2D eigenvalue weighted by atomic mass is 9.83. The van der Waals surface area contributed by atoms with E-state index in [0.29, 0.717) is 0 Å². The van der Waals surface area contributed by atoms with Gasteiger partial charge in [0.25, 0.3) is 15.9 Å². The number of amides is 3. The summed E-state index contributed by atoms with van der Waals surface area (Å²) in [6.45, 7) is 0. The Hall–Kier alpha value is -3.77. The summed E-state index contributed by atoms with van der Waals surface area (Å²) in [5.74, 6) is -0.147. The highest BCUT2D eigenvalue weighted by Crippen LogP contribution is 2.33. The molecule has 3 amide bonds. The number of nitrogens with zero attached hydrogens (tertiary/aromatic N) is 3. The lowest BCUT2D eigenvalue weighted by Gasteiger charge is -2.25. The average Bonchev–Trinajstić information content (AvgIpc) is 3.40. The van der Waals surface area contributed by atoms with Crippen molar-refractivity contribution in [3.05, 3.63) is 65.7 Å². The lowest BCUT2D eigenvalue weighted by Crippen LogP contribution is -2.47.